The highest BCUT2D eigenvalue weighted by molar-refractivity contribution is 5.96. The molecule has 0 saturated carbocycles. The molecule has 1 aliphatic rings. The average Bonchev–Trinajstić information content (AvgIpc) is 3.32. The van der Waals surface area contributed by atoms with E-state index in [-0.39, 0.29) is 5.91 Å². The van der Waals surface area contributed by atoms with Crippen LogP contribution in [0.3, 0.4) is 0 Å². The van der Waals surface area contributed by atoms with Crippen LogP contribution in [-0.4, -0.2) is 32.5 Å². The van der Waals surface area contributed by atoms with Gasteiger partial charge in [-0.1, -0.05) is 72.8 Å². The van der Waals surface area contributed by atoms with Crippen molar-refractivity contribution >= 4 is 17.9 Å². The van der Waals surface area contributed by atoms with Crippen LogP contribution in [0, 0.1) is 0 Å². The lowest BCUT2D eigenvalue weighted by atomic mass is 9.93. The van der Waals surface area contributed by atoms with Crippen molar-refractivity contribution in [3.63, 3.8) is 0 Å². The average molecular weight is 449 g/mol. The van der Waals surface area contributed by atoms with Crippen LogP contribution in [0.25, 0.3) is 23.0 Å². The number of nitrogens with two attached hydrogens (primary N) is 1. The molecular weight excluding hydrogens is 424 g/mol. The molecule has 2 amide bonds. The topological polar surface area (TPSA) is 81.2 Å². The number of aromatic nitrogens is 2. The molecule has 6 heteroatoms. The van der Waals surface area contributed by atoms with Crippen molar-refractivity contribution in [1.29, 1.82) is 0 Å². The smallest absolute Gasteiger partial charge is 0.247 e. The minimum Gasteiger partial charge on any atom is -0.368 e. The Bertz CT molecular complexity index is 1360. The number of carbonyl (C=O) groups is 2. The van der Waals surface area contributed by atoms with Crippen molar-refractivity contribution in [2.45, 2.75) is 19.0 Å². The van der Waals surface area contributed by atoms with E-state index in [4.69, 9.17) is 10.8 Å². The third-order valence-corrected chi connectivity index (χ3v) is 6.08. The lowest BCUT2D eigenvalue weighted by Gasteiger charge is -2.34. The number of para-hydroxylation sites is 1. The standard InChI is InChI=1S/C28H24N4O2/c29-28(34)25-17-21-11-7-8-12-22(21)18-31(25)26(33)16-15-23-19-32(24-13-5-2-6-14-24)30-27(23)20-9-3-1-4-10-20/h1-16,19,25H,17-18H2,(H2,29,34)/b16-15+. The Morgan fingerprint density at radius 3 is 2.24 bits per heavy atom. The van der Waals surface area contributed by atoms with Crippen LogP contribution in [0.5, 0.6) is 0 Å². The van der Waals surface area contributed by atoms with Gasteiger partial charge in [-0.3, -0.25) is 9.59 Å². The van der Waals surface area contributed by atoms with Gasteiger partial charge >= 0.3 is 0 Å². The summed E-state index contributed by atoms with van der Waals surface area (Å²) in [4.78, 5) is 26.9. The molecule has 2 heterocycles. The van der Waals surface area contributed by atoms with Crippen LogP contribution in [-0.2, 0) is 22.6 Å². The third kappa shape index (κ3) is 4.26. The fourth-order valence-electron chi connectivity index (χ4n) is 4.31. The molecule has 1 aliphatic heterocycles. The molecule has 0 fully saturated rings. The molecule has 1 unspecified atom stereocenters. The van der Waals surface area contributed by atoms with E-state index < -0.39 is 11.9 Å². The van der Waals surface area contributed by atoms with E-state index in [0.717, 1.165) is 33.6 Å². The first-order chi connectivity index (χ1) is 16.6. The third-order valence-electron chi connectivity index (χ3n) is 6.08. The van der Waals surface area contributed by atoms with Gasteiger partial charge in [0, 0.05) is 36.4 Å². The molecule has 0 aliphatic carbocycles. The minimum atomic E-state index is -0.673. The highest BCUT2D eigenvalue weighted by Crippen LogP contribution is 2.26. The molecule has 34 heavy (non-hydrogen) atoms. The Kier molecular flexibility index (Phi) is 5.79. The molecule has 0 bridgehead atoms. The normalized spacial score (nSPS) is 15.3. The molecule has 168 valence electrons. The van der Waals surface area contributed by atoms with Crippen molar-refractivity contribution < 1.29 is 9.59 Å². The van der Waals surface area contributed by atoms with Gasteiger partial charge in [0.1, 0.15) is 6.04 Å². The largest absolute Gasteiger partial charge is 0.368 e. The molecule has 2 N–H and O–H groups in total. The lowest BCUT2D eigenvalue weighted by molar-refractivity contribution is -0.136. The lowest BCUT2D eigenvalue weighted by Crippen LogP contribution is -2.50. The maximum absolute atomic E-state index is 13.2. The van der Waals surface area contributed by atoms with E-state index in [1.54, 1.807) is 15.7 Å². The Morgan fingerprint density at radius 1 is 0.882 bits per heavy atom. The van der Waals surface area contributed by atoms with Crippen LogP contribution < -0.4 is 5.73 Å². The van der Waals surface area contributed by atoms with Crippen molar-refractivity contribution in [3.8, 4) is 16.9 Å². The van der Waals surface area contributed by atoms with Gasteiger partial charge in [-0.15, -0.1) is 0 Å². The maximum atomic E-state index is 13.2. The summed E-state index contributed by atoms with van der Waals surface area (Å²) < 4.78 is 1.80. The highest BCUT2D eigenvalue weighted by Gasteiger charge is 2.32. The fraction of sp³-hybridized carbons (Fsp3) is 0.107. The fourth-order valence-corrected chi connectivity index (χ4v) is 4.31. The number of hydrogen-bond donors (Lipinski definition) is 1. The molecular formula is C28H24N4O2. The number of benzene rings is 3. The molecule has 0 spiro atoms. The number of carbonyl (C=O) groups excluding carboxylic acids is 2. The van der Waals surface area contributed by atoms with Crippen molar-refractivity contribution in [3.05, 3.63) is 114 Å². The highest BCUT2D eigenvalue weighted by atomic mass is 16.2. The van der Waals surface area contributed by atoms with Gasteiger partial charge < -0.3 is 10.6 Å². The second-order valence-corrected chi connectivity index (χ2v) is 8.27. The van der Waals surface area contributed by atoms with Crippen LogP contribution in [0.2, 0.25) is 0 Å². The van der Waals surface area contributed by atoms with E-state index in [0.29, 0.717) is 13.0 Å². The van der Waals surface area contributed by atoms with Gasteiger partial charge in [0.2, 0.25) is 11.8 Å². The van der Waals surface area contributed by atoms with Gasteiger partial charge in [-0.05, 0) is 29.3 Å². The van der Waals surface area contributed by atoms with Crippen molar-refractivity contribution in [2.24, 2.45) is 5.73 Å². The summed E-state index contributed by atoms with van der Waals surface area (Å²) >= 11 is 0. The molecule has 5 rings (SSSR count). The van der Waals surface area contributed by atoms with Gasteiger partial charge in [0.05, 0.1) is 11.4 Å². The van der Waals surface area contributed by atoms with E-state index >= 15 is 0 Å². The first kappa shape index (κ1) is 21.4. The van der Waals surface area contributed by atoms with Gasteiger partial charge in [-0.2, -0.15) is 5.10 Å². The number of fused-ring (bicyclic) bond motifs is 1. The van der Waals surface area contributed by atoms with Crippen molar-refractivity contribution in [2.75, 3.05) is 0 Å². The zero-order valence-electron chi connectivity index (χ0n) is 18.5. The summed E-state index contributed by atoms with van der Waals surface area (Å²) in [5.41, 5.74) is 11.2. The number of rotatable bonds is 5. The summed E-state index contributed by atoms with van der Waals surface area (Å²) in [6, 6.07) is 26.8. The molecule has 1 aromatic heterocycles. The zero-order valence-corrected chi connectivity index (χ0v) is 18.5. The van der Waals surface area contributed by atoms with Gasteiger partial charge in [0.25, 0.3) is 0 Å². The molecule has 6 nitrogen and oxygen atoms in total. The Morgan fingerprint density at radius 2 is 1.53 bits per heavy atom. The predicted molar refractivity (Wildman–Crippen MR) is 132 cm³/mol. The molecule has 1 atom stereocenters. The molecule has 0 saturated heterocycles. The number of primary amides is 1. The van der Waals surface area contributed by atoms with Crippen molar-refractivity contribution in [1.82, 2.24) is 14.7 Å². The Balaban J connectivity index is 1.48. The molecule has 4 aromatic rings. The van der Waals surface area contributed by atoms with Crippen LogP contribution in [0.15, 0.2) is 97.2 Å². The van der Waals surface area contributed by atoms with Crippen LogP contribution >= 0.6 is 0 Å². The van der Waals surface area contributed by atoms with E-state index in [1.807, 2.05) is 91.1 Å². The van der Waals surface area contributed by atoms with Gasteiger partial charge in [0.15, 0.2) is 0 Å². The van der Waals surface area contributed by atoms with Crippen LogP contribution in [0.1, 0.15) is 16.7 Å². The number of amides is 2. The monoisotopic (exact) mass is 448 g/mol. The quantitative estimate of drug-likeness (QED) is 0.469. The number of hydrogen-bond acceptors (Lipinski definition) is 3. The minimum absolute atomic E-state index is 0.259. The summed E-state index contributed by atoms with van der Waals surface area (Å²) in [6.07, 6.45) is 5.59. The molecule has 0 radical (unpaired) electrons. The second kappa shape index (κ2) is 9.19. The van der Waals surface area contributed by atoms with Crippen LogP contribution in [0.4, 0.5) is 0 Å². The first-order valence-corrected chi connectivity index (χ1v) is 11.2. The second-order valence-electron chi connectivity index (χ2n) is 8.27. The SMILES string of the molecule is NC(=O)C1Cc2ccccc2CN1C(=O)/C=C/c1cn(-c2ccccc2)nc1-c1ccccc1. The molecule has 3 aromatic carbocycles. The summed E-state index contributed by atoms with van der Waals surface area (Å²) in [5.74, 6) is -0.761. The Labute approximate surface area is 197 Å². The van der Waals surface area contributed by atoms with E-state index in [2.05, 4.69) is 0 Å². The summed E-state index contributed by atoms with van der Waals surface area (Å²) in [7, 11) is 0. The van der Waals surface area contributed by atoms with Gasteiger partial charge in [-0.25, -0.2) is 4.68 Å². The number of nitrogens with zero attached hydrogens (tertiary/aromatic N) is 3. The maximum Gasteiger partial charge on any atom is 0.247 e. The van der Waals surface area contributed by atoms with E-state index in [1.165, 1.54) is 6.08 Å². The predicted octanol–water partition coefficient (Wildman–Crippen LogP) is 3.99. The first-order valence-electron chi connectivity index (χ1n) is 11.2. The zero-order chi connectivity index (χ0) is 23.5. The van der Waals surface area contributed by atoms with E-state index in [9.17, 15) is 9.59 Å². The summed E-state index contributed by atoms with van der Waals surface area (Å²) in [6.45, 7) is 0.349. The summed E-state index contributed by atoms with van der Waals surface area (Å²) in [5, 5.41) is 4.78. The Hall–Kier alpha value is -4.45.